The number of hydrogen-bond donors (Lipinski definition) is 2. The number of fused-ring (bicyclic) bond motifs is 1. The Balaban J connectivity index is 1.56. The predicted molar refractivity (Wildman–Crippen MR) is 102 cm³/mol. The molecule has 3 rings (SSSR count). The topological polar surface area (TPSA) is 72.1 Å². The van der Waals surface area contributed by atoms with Gasteiger partial charge in [0.15, 0.2) is 17.5 Å². The monoisotopic (exact) mass is 346 g/mol. The van der Waals surface area contributed by atoms with E-state index in [4.69, 9.17) is 15.2 Å². The second kappa shape index (κ2) is 7.95. The third-order valence-electron chi connectivity index (χ3n) is 4.55. The molecule has 138 valence electrons. The van der Waals surface area contributed by atoms with Crippen molar-refractivity contribution < 1.29 is 9.47 Å². The Morgan fingerprint density at radius 1 is 1.16 bits per heavy atom. The van der Waals surface area contributed by atoms with E-state index in [9.17, 15) is 0 Å². The number of guanidine groups is 1. The lowest BCUT2D eigenvalue weighted by molar-refractivity contribution is 0.216. The van der Waals surface area contributed by atoms with Crippen LogP contribution in [0.1, 0.15) is 33.1 Å². The molecule has 6 heteroatoms. The first kappa shape index (κ1) is 17.9. The van der Waals surface area contributed by atoms with Gasteiger partial charge < -0.3 is 25.4 Å². The van der Waals surface area contributed by atoms with Gasteiger partial charge in [0.05, 0.1) is 13.2 Å². The third-order valence-corrected chi connectivity index (χ3v) is 4.55. The summed E-state index contributed by atoms with van der Waals surface area (Å²) >= 11 is 0. The normalized spacial score (nSPS) is 18.9. The molecule has 1 saturated heterocycles. The average molecular weight is 346 g/mol. The lowest BCUT2D eigenvalue weighted by atomic mass is 9.93. The second-order valence-corrected chi connectivity index (χ2v) is 7.69. The predicted octanol–water partition coefficient (Wildman–Crippen LogP) is 2.70. The summed E-state index contributed by atoms with van der Waals surface area (Å²) in [6.07, 6.45) is 3.52. The van der Waals surface area contributed by atoms with E-state index in [-0.39, 0.29) is 5.41 Å². The number of rotatable bonds is 5. The number of nitrogens with one attached hydrogen (secondary N) is 1. The molecular formula is C19H30N4O2. The van der Waals surface area contributed by atoms with E-state index in [0.717, 1.165) is 30.2 Å². The minimum absolute atomic E-state index is 0.112. The quantitative estimate of drug-likeness (QED) is 0.633. The zero-order valence-corrected chi connectivity index (χ0v) is 15.4. The summed E-state index contributed by atoms with van der Waals surface area (Å²) in [6.45, 7) is 10.0. The molecule has 1 aromatic rings. The van der Waals surface area contributed by atoms with Crippen molar-refractivity contribution >= 4 is 11.6 Å². The number of nitrogens with zero attached hydrogens (tertiary/aromatic N) is 2. The van der Waals surface area contributed by atoms with Crippen LogP contribution < -0.4 is 20.5 Å². The van der Waals surface area contributed by atoms with Crippen LogP contribution in [0.15, 0.2) is 23.2 Å². The standard InChI is InChI=1S/C19H30N4O2/c1-19(2,14-23-8-3-4-9-23)13-21-18(20)22-15-6-7-16-17(12-15)25-11-5-10-24-16/h6-7,12H,3-5,8-11,13-14H2,1-2H3,(H3,20,21,22). The van der Waals surface area contributed by atoms with E-state index in [1.807, 2.05) is 18.2 Å². The highest BCUT2D eigenvalue weighted by Crippen LogP contribution is 2.32. The lowest BCUT2D eigenvalue weighted by Crippen LogP contribution is -2.35. The molecule has 0 spiro atoms. The van der Waals surface area contributed by atoms with Crippen molar-refractivity contribution in [1.29, 1.82) is 0 Å². The Hall–Kier alpha value is -1.95. The van der Waals surface area contributed by atoms with Crippen LogP contribution in [0, 0.1) is 5.41 Å². The summed E-state index contributed by atoms with van der Waals surface area (Å²) in [5.41, 5.74) is 7.06. The Bertz CT molecular complexity index is 609. The van der Waals surface area contributed by atoms with E-state index >= 15 is 0 Å². The molecule has 1 fully saturated rings. The smallest absolute Gasteiger partial charge is 0.193 e. The summed E-state index contributed by atoms with van der Waals surface area (Å²) in [5.74, 6) is 1.97. The van der Waals surface area contributed by atoms with Crippen LogP contribution in [-0.4, -0.2) is 50.3 Å². The molecule has 1 aromatic carbocycles. The number of aliphatic imine (C=N–C) groups is 1. The van der Waals surface area contributed by atoms with Crippen LogP contribution >= 0.6 is 0 Å². The molecule has 0 aliphatic carbocycles. The molecular weight excluding hydrogens is 316 g/mol. The van der Waals surface area contributed by atoms with Crippen LogP contribution in [0.3, 0.4) is 0 Å². The maximum absolute atomic E-state index is 6.08. The van der Waals surface area contributed by atoms with E-state index in [1.54, 1.807) is 0 Å². The summed E-state index contributed by atoms with van der Waals surface area (Å²) in [7, 11) is 0. The largest absolute Gasteiger partial charge is 0.490 e. The van der Waals surface area contributed by atoms with Crippen LogP contribution in [0.25, 0.3) is 0 Å². The van der Waals surface area contributed by atoms with Crippen molar-refractivity contribution in [3.63, 3.8) is 0 Å². The molecule has 6 nitrogen and oxygen atoms in total. The molecule has 0 unspecified atom stereocenters. The van der Waals surface area contributed by atoms with Gasteiger partial charge in [-0.25, -0.2) is 0 Å². The molecule has 0 amide bonds. The van der Waals surface area contributed by atoms with Crippen molar-refractivity contribution in [2.24, 2.45) is 16.1 Å². The molecule has 0 saturated carbocycles. The van der Waals surface area contributed by atoms with E-state index in [2.05, 4.69) is 29.1 Å². The average Bonchev–Trinajstić information content (AvgIpc) is 2.95. The van der Waals surface area contributed by atoms with Crippen molar-refractivity contribution in [2.45, 2.75) is 33.1 Å². The molecule has 2 aliphatic heterocycles. The molecule has 0 atom stereocenters. The van der Waals surface area contributed by atoms with Gasteiger partial charge >= 0.3 is 0 Å². The van der Waals surface area contributed by atoms with Crippen LogP contribution in [0.5, 0.6) is 11.5 Å². The molecule has 0 bridgehead atoms. The molecule has 0 radical (unpaired) electrons. The van der Waals surface area contributed by atoms with Crippen LogP contribution in [0.2, 0.25) is 0 Å². The maximum atomic E-state index is 6.08. The molecule has 2 aliphatic rings. The Labute approximate surface area is 150 Å². The minimum Gasteiger partial charge on any atom is -0.490 e. The molecule has 0 aromatic heterocycles. The van der Waals surface area contributed by atoms with Gasteiger partial charge in [0.1, 0.15) is 0 Å². The highest BCUT2D eigenvalue weighted by Gasteiger charge is 2.23. The van der Waals surface area contributed by atoms with Gasteiger partial charge in [0.2, 0.25) is 0 Å². The summed E-state index contributed by atoms with van der Waals surface area (Å²) in [6, 6.07) is 5.76. The number of ether oxygens (including phenoxy) is 2. The van der Waals surface area contributed by atoms with E-state index in [0.29, 0.717) is 25.7 Å². The number of nitrogens with two attached hydrogens (primary N) is 1. The van der Waals surface area contributed by atoms with Crippen molar-refractivity contribution in [3.8, 4) is 11.5 Å². The fourth-order valence-electron chi connectivity index (χ4n) is 3.32. The number of likely N-dealkylation sites (tertiary alicyclic amines) is 1. The molecule has 2 heterocycles. The van der Waals surface area contributed by atoms with Gasteiger partial charge in [-0.05, 0) is 43.5 Å². The maximum Gasteiger partial charge on any atom is 0.193 e. The Morgan fingerprint density at radius 3 is 2.64 bits per heavy atom. The Morgan fingerprint density at radius 2 is 1.88 bits per heavy atom. The van der Waals surface area contributed by atoms with Gasteiger partial charge in [0, 0.05) is 31.3 Å². The van der Waals surface area contributed by atoms with E-state index in [1.165, 1.54) is 25.9 Å². The van der Waals surface area contributed by atoms with Gasteiger partial charge in [0.25, 0.3) is 0 Å². The van der Waals surface area contributed by atoms with Gasteiger partial charge in [-0.2, -0.15) is 0 Å². The van der Waals surface area contributed by atoms with Crippen LogP contribution in [0.4, 0.5) is 5.69 Å². The van der Waals surface area contributed by atoms with Crippen molar-refractivity contribution in [1.82, 2.24) is 4.90 Å². The number of hydrogen-bond acceptors (Lipinski definition) is 4. The highest BCUT2D eigenvalue weighted by molar-refractivity contribution is 5.92. The first-order valence-corrected chi connectivity index (χ1v) is 9.21. The third kappa shape index (κ3) is 5.26. The summed E-state index contributed by atoms with van der Waals surface area (Å²) in [4.78, 5) is 7.07. The Kier molecular flexibility index (Phi) is 5.68. The lowest BCUT2D eigenvalue weighted by Gasteiger charge is -2.28. The van der Waals surface area contributed by atoms with Gasteiger partial charge in [-0.15, -0.1) is 0 Å². The number of anilines is 1. The highest BCUT2D eigenvalue weighted by atomic mass is 16.5. The second-order valence-electron chi connectivity index (χ2n) is 7.69. The van der Waals surface area contributed by atoms with Crippen molar-refractivity contribution in [2.75, 3.05) is 44.7 Å². The zero-order chi connectivity index (χ0) is 17.7. The summed E-state index contributed by atoms with van der Waals surface area (Å²) < 4.78 is 11.4. The number of benzene rings is 1. The summed E-state index contributed by atoms with van der Waals surface area (Å²) in [5, 5.41) is 3.16. The van der Waals surface area contributed by atoms with E-state index < -0.39 is 0 Å². The zero-order valence-electron chi connectivity index (χ0n) is 15.4. The van der Waals surface area contributed by atoms with Crippen LogP contribution in [-0.2, 0) is 0 Å². The van der Waals surface area contributed by atoms with Crippen molar-refractivity contribution in [3.05, 3.63) is 18.2 Å². The first-order valence-electron chi connectivity index (χ1n) is 9.21. The fraction of sp³-hybridized carbons (Fsp3) is 0.632. The first-order chi connectivity index (χ1) is 12.0. The van der Waals surface area contributed by atoms with Gasteiger partial charge in [-0.3, -0.25) is 4.99 Å². The van der Waals surface area contributed by atoms with Gasteiger partial charge in [-0.1, -0.05) is 13.8 Å². The SMILES string of the molecule is CC(C)(CN=C(N)Nc1ccc2c(c1)OCCCO2)CN1CCCC1. The minimum atomic E-state index is 0.112. The fourth-order valence-corrected chi connectivity index (χ4v) is 3.32. The molecule has 25 heavy (non-hydrogen) atoms. The molecule has 3 N–H and O–H groups in total.